The zero-order valence-electron chi connectivity index (χ0n) is 15.2. The quantitative estimate of drug-likeness (QED) is 0.856. The first-order valence-corrected chi connectivity index (χ1v) is 9.62. The monoisotopic (exact) mass is 340 g/mol. The molecule has 5 heteroatoms. The van der Waals surface area contributed by atoms with E-state index < -0.39 is 0 Å². The molecule has 1 saturated heterocycles. The van der Waals surface area contributed by atoms with Gasteiger partial charge in [-0.3, -0.25) is 4.79 Å². The van der Waals surface area contributed by atoms with Crippen molar-refractivity contribution in [3.05, 3.63) is 29.6 Å². The Morgan fingerprint density at radius 1 is 1.24 bits per heavy atom. The number of anilines is 1. The molecule has 1 aromatic rings. The predicted molar refractivity (Wildman–Crippen MR) is 98.3 cm³/mol. The Balaban J connectivity index is 1.34. The van der Waals surface area contributed by atoms with Crippen LogP contribution in [0, 0.1) is 37.5 Å². The number of hydrogen-bond acceptors (Lipinski definition) is 4. The van der Waals surface area contributed by atoms with Gasteiger partial charge in [-0.15, -0.1) is 0 Å². The number of piperidine rings is 1. The molecule has 3 aliphatic rings. The van der Waals surface area contributed by atoms with E-state index in [0.717, 1.165) is 55.7 Å². The van der Waals surface area contributed by atoms with E-state index in [0.29, 0.717) is 11.8 Å². The van der Waals surface area contributed by atoms with Crippen LogP contribution in [-0.4, -0.2) is 35.5 Å². The molecule has 2 aliphatic carbocycles. The Morgan fingerprint density at radius 3 is 2.72 bits per heavy atom. The van der Waals surface area contributed by atoms with Crippen LogP contribution in [0.3, 0.4) is 0 Å². The minimum absolute atomic E-state index is 0.0484. The lowest BCUT2D eigenvalue weighted by atomic mass is 9.92. The van der Waals surface area contributed by atoms with Gasteiger partial charge in [-0.2, -0.15) is 0 Å². The molecular weight excluding hydrogens is 312 g/mol. The zero-order valence-corrected chi connectivity index (χ0v) is 15.2. The SMILES string of the molecule is Cc1cc(C)nc(N2CCC[C@@H](C(=O)NC[C@H]3C[C@H]4C=C[C@H]3C4)C2)n1. The molecule has 25 heavy (non-hydrogen) atoms. The number of nitrogens with one attached hydrogen (secondary N) is 1. The van der Waals surface area contributed by atoms with Crippen LogP contribution in [0.4, 0.5) is 5.95 Å². The Kier molecular flexibility index (Phi) is 4.48. The first kappa shape index (κ1) is 16.6. The van der Waals surface area contributed by atoms with Crippen LogP contribution >= 0.6 is 0 Å². The summed E-state index contributed by atoms with van der Waals surface area (Å²) in [5.74, 6) is 3.12. The van der Waals surface area contributed by atoms with Crippen LogP contribution in [0.25, 0.3) is 0 Å². The standard InChI is InChI=1S/C20H28N4O/c1-13-8-14(2)23-20(22-13)24-7-3-4-17(12-24)19(25)21-11-18-10-15-5-6-16(18)9-15/h5-6,8,15-18H,3-4,7,9-12H2,1-2H3,(H,21,25)/t15-,16-,17+,18+/m0/s1. The second kappa shape index (κ2) is 6.77. The summed E-state index contributed by atoms with van der Waals surface area (Å²) in [6.07, 6.45) is 9.22. The number of fused-ring (bicyclic) bond motifs is 2. The summed E-state index contributed by atoms with van der Waals surface area (Å²) in [6, 6.07) is 1.99. The van der Waals surface area contributed by atoms with Gasteiger partial charge in [-0.25, -0.2) is 9.97 Å². The molecule has 1 N–H and O–H groups in total. The minimum Gasteiger partial charge on any atom is -0.356 e. The number of rotatable bonds is 4. The van der Waals surface area contributed by atoms with Crippen LogP contribution in [0.15, 0.2) is 18.2 Å². The Labute approximate surface area is 149 Å². The lowest BCUT2D eigenvalue weighted by Gasteiger charge is -2.32. The number of hydrogen-bond donors (Lipinski definition) is 1. The van der Waals surface area contributed by atoms with E-state index >= 15 is 0 Å². The van der Waals surface area contributed by atoms with Gasteiger partial charge in [0.2, 0.25) is 11.9 Å². The molecular formula is C20H28N4O. The molecule has 2 fully saturated rings. The van der Waals surface area contributed by atoms with E-state index in [1.54, 1.807) is 0 Å². The summed E-state index contributed by atoms with van der Waals surface area (Å²) >= 11 is 0. The number of allylic oxidation sites excluding steroid dienone is 2. The molecule has 1 saturated carbocycles. The topological polar surface area (TPSA) is 58.1 Å². The molecule has 1 amide bonds. The highest BCUT2D eigenvalue weighted by atomic mass is 16.1. The van der Waals surface area contributed by atoms with Crippen molar-refractivity contribution in [2.45, 2.75) is 39.5 Å². The van der Waals surface area contributed by atoms with Crippen LogP contribution in [0.5, 0.6) is 0 Å². The second-order valence-electron chi connectivity index (χ2n) is 8.02. The van der Waals surface area contributed by atoms with E-state index in [1.165, 1.54) is 12.8 Å². The fourth-order valence-corrected chi connectivity index (χ4v) is 4.73. The van der Waals surface area contributed by atoms with E-state index in [-0.39, 0.29) is 11.8 Å². The van der Waals surface area contributed by atoms with E-state index in [9.17, 15) is 4.79 Å². The first-order chi connectivity index (χ1) is 12.1. The van der Waals surface area contributed by atoms with E-state index in [4.69, 9.17) is 0 Å². The van der Waals surface area contributed by atoms with Gasteiger partial charge in [0.1, 0.15) is 0 Å². The summed E-state index contributed by atoms with van der Waals surface area (Å²) in [7, 11) is 0. The Morgan fingerprint density at radius 2 is 2.04 bits per heavy atom. The van der Waals surface area contributed by atoms with Crippen LogP contribution in [0.2, 0.25) is 0 Å². The van der Waals surface area contributed by atoms with Gasteiger partial charge >= 0.3 is 0 Å². The summed E-state index contributed by atoms with van der Waals surface area (Å²) in [6.45, 7) is 6.49. The van der Waals surface area contributed by atoms with Gasteiger partial charge < -0.3 is 10.2 Å². The fraction of sp³-hybridized carbons (Fsp3) is 0.650. The Hall–Kier alpha value is -1.91. The number of carbonyl (C=O) groups is 1. The molecule has 0 spiro atoms. The van der Waals surface area contributed by atoms with Crippen molar-refractivity contribution in [3.63, 3.8) is 0 Å². The lowest BCUT2D eigenvalue weighted by molar-refractivity contribution is -0.125. The van der Waals surface area contributed by atoms with Crippen LogP contribution < -0.4 is 10.2 Å². The second-order valence-corrected chi connectivity index (χ2v) is 8.02. The van der Waals surface area contributed by atoms with Crippen molar-refractivity contribution in [3.8, 4) is 0 Å². The molecule has 2 bridgehead atoms. The summed E-state index contributed by atoms with van der Waals surface area (Å²) < 4.78 is 0. The predicted octanol–water partition coefficient (Wildman–Crippen LogP) is 2.64. The molecule has 0 unspecified atom stereocenters. The van der Waals surface area contributed by atoms with E-state index in [1.807, 2.05) is 19.9 Å². The number of aromatic nitrogens is 2. The molecule has 0 aromatic carbocycles. The summed E-state index contributed by atoms with van der Waals surface area (Å²) in [5, 5.41) is 3.23. The number of aryl methyl sites for hydroxylation is 2. The molecule has 5 nitrogen and oxygen atoms in total. The van der Waals surface area contributed by atoms with Crippen LogP contribution in [0.1, 0.15) is 37.1 Å². The minimum atomic E-state index is 0.0484. The molecule has 134 valence electrons. The van der Waals surface area contributed by atoms with Crippen LogP contribution in [-0.2, 0) is 4.79 Å². The van der Waals surface area contributed by atoms with Crippen molar-refractivity contribution >= 4 is 11.9 Å². The number of carbonyl (C=O) groups excluding carboxylic acids is 1. The first-order valence-electron chi connectivity index (χ1n) is 9.62. The van der Waals surface area contributed by atoms with Crippen molar-refractivity contribution in [2.24, 2.45) is 23.7 Å². The third kappa shape index (κ3) is 3.55. The zero-order chi connectivity index (χ0) is 17.4. The molecule has 4 rings (SSSR count). The molecule has 1 aliphatic heterocycles. The summed E-state index contributed by atoms with van der Waals surface area (Å²) in [4.78, 5) is 24.0. The van der Waals surface area contributed by atoms with Crippen molar-refractivity contribution in [1.29, 1.82) is 0 Å². The maximum atomic E-state index is 12.7. The smallest absolute Gasteiger partial charge is 0.225 e. The van der Waals surface area contributed by atoms with E-state index in [2.05, 4.69) is 32.3 Å². The fourth-order valence-electron chi connectivity index (χ4n) is 4.73. The normalized spacial score (nSPS) is 30.7. The maximum Gasteiger partial charge on any atom is 0.225 e. The van der Waals surface area contributed by atoms with Gasteiger partial charge in [0.05, 0.1) is 5.92 Å². The largest absolute Gasteiger partial charge is 0.356 e. The third-order valence-electron chi connectivity index (χ3n) is 6.00. The van der Waals surface area contributed by atoms with Gasteiger partial charge in [-0.05, 0) is 63.4 Å². The average Bonchev–Trinajstić information content (AvgIpc) is 3.22. The molecule has 4 atom stereocenters. The van der Waals surface area contributed by atoms with Gasteiger partial charge in [0, 0.05) is 31.0 Å². The Bertz CT molecular complexity index is 666. The average molecular weight is 340 g/mol. The maximum absolute atomic E-state index is 12.7. The molecule has 2 heterocycles. The van der Waals surface area contributed by atoms with Crippen molar-refractivity contribution in [2.75, 3.05) is 24.5 Å². The van der Waals surface area contributed by atoms with Gasteiger partial charge in [0.25, 0.3) is 0 Å². The lowest BCUT2D eigenvalue weighted by Crippen LogP contribution is -2.45. The highest BCUT2D eigenvalue weighted by Gasteiger charge is 2.36. The third-order valence-corrected chi connectivity index (χ3v) is 6.00. The van der Waals surface area contributed by atoms with Crippen molar-refractivity contribution in [1.82, 2.24) is 15.3 Å². The van der Waals surface area contributed by atoms with Gasteiger partial charge in [-0.1, -0.05) is 12.2 Å². The molecule has 0 radical (unpaired) electrons. The molecule has 1 aromatic heterocycles. The number of nitrogens with zero attached hydrogens (tertiary/aromatic N) is 3. The van der Waals surface area contributed by atoms with Gasteiger partial charge in [0.15, 0.2) is 0 Å². The summed E-state index contributed by atoms with van der Waals surface area (Å²) in [5.41, 5.74) is 1.97. The highest BCUT2D eigenvalue weighted by molar-refractivity contribution is 5.79. The van der Waals surface area contributed by atoms with Crippen molar-refractivity contribution < 1.29 is 4.79 Å². The number of amides is 1. The highest BCUT2D eigenvalue weighted by Crippen LogP contribution is 2.43.